The van der Waals surface area contributed by atoms with Gasteiger partial charge >= 0.3 is 0 Å². The first kappa shape index (κ1) is 12.7. The summed E-state index contributed by atoms with van der Waals surface area (Å²) < 4.78 is 5.18. The van der Waals surface area contributed by atoms with Crippen LogP contribution >= 0.6 is 0 Å². The van der Waals surface area contributed by atoms with Crippen LogP contribution < -0.4 is 5.32 Å². The molecule has 0 bridgehead atoms. The van der Waals surface area contributed by atoms with Crippen LogP contribution in [0.1, 0.15) is 12.1 Å². The maximum Gasteiger partial charge on any atom is 0.239 e. The van der Waals surface area contributed by atoms with E-state index >= 15 is 0 Å². The maximum atomic E-state index is 12.3. The lowest BCUT2D eigenvalue weighted by Gasteiger charge is -2.18. The van der Waals surface area contributed by atoms with Crippen molar-refractivity contribution in [2.24, 2.45) is 0 Å². The summed E-state index contributed by atoms with van der Waals surface area (Å²) in [6.45, 7) is 1.33. The average molecular weight is 273 g/mol. The first-order chi connectivity index (χ1) is 9.74. The van der Waals surface area contributed by atoms with Crippen molar-refractivity contribution in [1.82, 2.24) is 15.4 Å². The highest BCUT2D eigenvalue weighted by Gasteiger charge is 2.21. The fourth-order valence-electron chi connectivity index (χ4n) is 2.34. The summed E-state index contributed by atoms with van der Waals surface area (Å²) in [7, 11) is 0. The highest BCUT2D eigenvalue weighted by Crippen LogP contribution is 2.18. The van der Waals surface area contributed by atoms with Gasteiger partial charge in [0.05, 0.1) is 13.0 Å². The lowest BCUT2D eigenvalue weighted by molar-refractivity contribution is -0.134. The van der Waals surface area contributed by atoms with Crippen LogP contribution in [0.25, 0.3) is 11.0 Å². The number of rotatable bonds is 2. The Labute approximate surface area is 115 Å². The molecule has 6 heteroatoms. The van der Waals surface area contributed by atoms with Crippen LogP contribution in [-0.4, -0.2) is 41.5 Å². The molecule has 0 atom stereocenters. The van der Waals surface area contributed by atoms with Gasteiger partial charge in [0.2, 0.25) is 11.8 Å². The third-order valence-electron chi connectivity index (χ3n) is 3.38. The van der Waals surface area contributed by atoms with E-state index in [4.69, 9.17) is 4.52 Å². The highest BCUT2D eigenvalue weighted by atomic mass is 16.5. The molecule has 0 radical (unpaired) electrons. The second-order valence-electron chi connectivity index (χ2n) is 4.82. The van der Waals surface area contributed by atoms with Crippen molar-refractivity contribution in [3.8, 4) is 0 Å². The maximum absolute atomic E-state index is 12.3. The summed E-state index contributed by atoms with van der Waals surface area (Å²) in [6, 6.07) is 7.43. The van der Waals surface area contributed by atoms with Crippen molar-refractivity contribution in [2.75, 3.05) is 19.6 Å². The molecule has 1 fully saturated rings. The molecule has 3 rings (SSSR count). The number of amides is 2. The number of para-hydroxylation sites is 1. The molecule has 1 aromatic carbocycles. The van der Waals surface area contributed by atoms with Crippen molar-refractivity contribution in [3.63, 3.8) is 0 Å². The van der Waals surface area contributed by atoms with Crippen molar-refractivity contribution < 1.29 is 14.1 Å². The van der Waals surface area contributed by atoms with Gasteiger partial charge < -0.3 is 14.7 Å². The van der Waals surface area contributed by atoms with E-state index in [0.29, 0.717) is 24.4 Å². The summed E-state index contributed by atoms with van der Waals surface area (Å²) in [5.74, 6) is -0.207. The number of hydrogen-bond donors (Lipinski definition) is 1. The molecule has 20 heavy (non-hydrogen) atoms. The molecule has 0 saturated carbocycles. The minimum absolute atomic E-state index is 0.0962. The second-order valence-corrected chi connectivity index (χ2v) is 4.82. The standard InChI is InChI=1S/C14H15N3O3/c18-13-9-17(7-3-6-15-13)14(19)8-11-10-4-1-2-5-12(10)20-16-11/h1-2,4-5H,3,6-9H2,(H,15,18). The number of fused-ring (bicyclic) bond motifs is 1. The second kappa shape index (κ2) is 5.32. The monoisotopic (exact) mass is 273 g/mol. The Morgan fingerprint density at radius 2 is 2.25 bits per heavy atom. The summed E-state index contributed by atoms with van der Waals surface area (Å²) in [6.07, 6.45) is 0.932. The van der Waals surface area contributed by atoms with Gasteiger partial charge in [-0.3, -0.25) is 9.59 Å². The van der Waals surface area contributed by atoms with E-state index in [1.807, 2.05) is 24.3 Å². The van der Waals surface area contributed by atoms with Gasteiger partial charge in [-0.1, -0.05) is 17.3 Å². The Balaban J connectivity index is 1.76. The van der Waals surface area contributed by atoms with Crippen LogP contribution in [0, 0.1) is 0 Å². The van der Waals surface area contributed by atoms with Gasteiger partial charge in [0.1, 0.15) is 5.69 Å². The molecule has 104 valence electrons. The van der Waals surface area contributed by atoms with Crippen LogP contribution in [0.2, 0.25) is 0 Å². The highest BCUT2D eigenvalue weighted by molar-refractivity contribution is 5.89. The van der Waals surface area contributed by atoms with Gasteiger partial charge in [-0.15, -0.1) is 0 Å². The van der Waals surface area contributed by atoms with Crippen LogP contribution in [0.5, 0.6) is 0 Å². The smallest absolute Gasteiger partial charge is 0.239 e. The normalized spacial score (nSPS) is 16.0. The van der Waals surface area contributed by atoms with Gasteiger partial charge in [0, 0.05) is 18.5 Å². The minimum Gasteiger partial charge on any atom is -0.356 e. The topological polar surface area (TPSA) is 75.4 Å². The Hall–Kier alpha value is -2.37. The number of nitrogens with one attached hydrogen (secondary N) is 1. The Bertz CT molecular complexity index is 650. The molecule has 0 spiro atoms. The van der Waals surface area contributed by atoms with E-state index in [1.165, 1.54) is 0 Å². The molecule has 1 saturated heterocycles. The van der Waals surface area contributed by atoms with E-state index < -0.39 is 0 Å². The van der Waals surface area contributed by atoms with E-state index in [9.17, 15) is 9.59 Å². The van der Waals surface area contributed by atoms with E-state index in [-0.39, 0.29) is 24.8 Å². The molecular formula is C14H15N3O3. The number of aromatic nitrogens is 1. The molecule has 2 heterocycles. The SMILES string of the molecule is O=C1CN(C(=O)Cc2noc3ccccc23)CCCN1. The summed E-state index contributed by atoms with van der Waals surface area (Å²) in [4.78, 5) is 25.3. The predicted octanol–water partition coefficient (Wildman–Crippen LogP) is 0.719. The van der Waals surface area contributed by atoms with Gasteiger partial charge in [0.25, 0.3) is 0 Å². The van der Waals surface area contributed by atoms with Crippen LogP contribution in [0.4, 0.5) is 0 Å². The number of carbonyl (C=O) groups excluding carboxylic acids is 2. The van der Waals surface area contributed by atoms with Crippen molar-refractivity contribution in [2.45, 2.75) is 12.8 Å². The van der Waals surface area contributed by atoms with Gasteiger partial charge in [-0.25, -0.2) is 0 Å². The fourth-order valence-corrected chi connectivity index (χ4v) is 2.34. The predicted molar refractivity (Wildman–Crippen MR) is 71.9 cm³/mol. The Kier molecular flexibility index (Phi) is 3.37. The van der Waals surface area contributed by atoms with Crippen molar-refractivity contribution >= 4 is 22.8 Å². The number of hydrogen-bond acceptors (Lipinski definition) is 4. The third kappa shape index (κ3) is 2.49. The molecule has 6 nitrogen and oxygen atoms in total. The van der Waals surface area contributed by atoms with E-state index in [0.717, 1.165) is 11.8 Å². The van der Waals surface area contributed by atoms with E-state index in [1.54, 1.807) is 4.90 Å². The van der Waals surface area contributed by atoms with Crippen molar-refractivity contribution in [3.05, 3.63) is 30.0 Å². The van der Waals surface area contributed by atoms with E-state index in [2.05, 4.69) is 10.5 Å². The molecule has 2 aromatic rings. The van der Waals surface area contributed by atoms with Crippen LogP contribution in [-0.2, 0) is 16.0 Å². The number of carbonyl (C=O) groups is 2. The van der Waals surface area contributed by atoms with Gasteiger partial charge in [-0.2, -0.15) is 0 Å². The Morgan fingerprint density at radius 1 is 1.40 bits per heavy atom. The molecule has 1 aromatic heterocycles. The average Bonchev–Trinajstić information content (AvgIpc) is 2.72. The molecule has 2 amide bonds. The zero-order valence-electron chi connectivity index (χ0n) is 11.0. The fraction of sp³-hybridized carbons (Fsp3) is 0.357. The van der Waals surface area contributed by atoms with Gasteiger partial charge in [0.15, 0.2) is 5.58 Å². The lowest BCUT2D eigenvalue weighted by Crippen LogP contribution is -2.38. The minimum atomic E-state index is -0.110. The largest absolute Gasteiger partial charge is 0.356 e. The van der Waals surface area contributed by atoms with Crippen molar-refractivity contribution in [1.29, 1.82) is 0 Å². The lowest BCUT2D eigenvalue weighted by atomic mass is 10.1. The first-order valence-corrected chi connectivity index (χ1v) is 6.62. The first-order valence-electron chi connectivity index (χ1n) is 6.62. The Morgan fingerprint density at radius 3 is 3.15 bits per heavy atom. The molecule has 0 aliphatic carbocycles. The van der Waals surface area contributed by atoms with Crippen LogP contribution in [0.3, 0.4) is 0 Å². The summed E-state index contributed by atoms with van der Waals surface area (Å²) in [5.41, 5.74) is 1.29. The molecule has 0 unspecified atom stereocenters. The van der Waals surface area contributed by atoms with Crippen LogP contribution in [0.15, 0.2) is 28.8 Å². The zero-order valence-corrected chi connectivity index (χ0v) is 11.0. The molecule has 1 aliphatic rings. The summed E-state index contributed by atoms with van der Waals surface area (Å²) in [5, 5.41) is 7.55. The number of nitrogens with zero attached hydrogens (tertiary/aromatic N) is 2. The molecule has 1 N–H and O–H groups in total. The third-order valence-corrected chi connectivity index (χ3v) is 3.38. The summed E-state index contributed by atoms with van der Waals surface area (Å²) >= 11 is 0. The quantitative estimate of drug-likeness (QED) is 0.874. The zero-order chi connectivity index (χ0) is 13.9. The molecular weight excluding hydrogens is 258 g/mol. The molecule has 1 aliphatic heterocycles. The number of benzene rings is 1. The van der Waals surface area contributed by atoms with Gasteiger partial charge in [-0.05, 0) is 18.6 Å².